The molecule has 190 valence electrons. The van der Waals surface area contributed by atoms with Crippen molar-refractivity contribution in [3.05, 3.63) is 90.1 Å². The van der Waals surface area contributed by atoms with Gasteiger partial charge in [0.05, 0.1) is 22.2 Å². The molecule has 1 heterocycles. The number of amides is 3. The number of hydrogen-bond donors (Lipinski definition) is 1. The maximum atomic E-state index is 12.9. The van der Waals surface area contributed by atoms with Gasteiger partial charge in [0, 0.05) is 8.95 Å². The van der Waals surface area contributed by atoms with Gasteiger partial charge in [0.15, 0.2) is 11.5 Å². The van der Waals surface area contributed by atoms with E-state index >= 15 is 0 Å². The minimum absolute atomic E-state index is 0.205. The highest BCUT2D eigenvalue weighted by Crippen LogP contribution is 2.39. The SMILES string of the molecule is COc1cc(/C=C2/SC(=O)N(CC(=O)Nc3ccccc3Br)C2=O)cc(Br)c1OCc1ccc(Br)cc1. The van der Waals surface area contributed by atoms with Crippen molar-refractivity contribution >= 4 is 88.4 Å². The highest BCUT2D eigenvalue weighted by molar-refractivity contribution is 9.11. The number of nitrogens with zero attached hydrogens (tertiary/aromatic N) is 1. The number of para-hydroxylation sites is 1. The zero-order valence-corrected chi connectivity index (χ0v) is 24.9. The molecule has 3 aromatic rings. The number of carbonyl (C=O) groups is 3. The molecule has 1 aliphatic rings. The molecule has 0 unspecified atom stereocenters. The van der Waals surface area contributed by atoms with E-state index in [4.69, 9.17) is 9.47 Å². The van der Waals surface area contributed by atoms with Crippen LogP contribution in [0.3, 0.4) is 0 Å². The van der Waals surface area contributed by atoms with Crippen molar-refractivity contribution < 1.29 is 23.9 Å². The smallest absolute Gasteiger partial charge is 0.294 e. The molecular formula is C26H19Br3N2O5S. The average molecular weight is 711 g/mol. The monoisotopic (exact) mass is 708 g/mol. The Labute approximate surface area is 243 Å². The number of ether oxygens (including phenoxy) is 2. The molecule has 37 heavy (non-hydrogen) atoms. The van der Waals surface area contributed by atoms with Crippen LogP contribution in [0, 0.1) is 0 Å². The summed E-state index contributed by atoms with van der Waals surface area (Å²) in [5, 5.41) is 2.18. The number of halogens is 3. The second-order valence-electron chi connectivity index (χ2n) is 7.75. The van der Waals surface area contributed by atoms with Crippen LogP contribution in [0.15, 0.2) is 79.0 Å². The lowest BCUT2D eigenvalue weighted by molar-refractivity contribution is -0.127. The fraction of sp³-hybridized carbons (Fsp3) is 0.115. The summed E-state index contributed by atoms with van der Waals surface area (Å²) in [6, 6.07) is 18.3. The van der Waals surface area contributed by atoms with Crippen LogP contribution in [-0.4, -0.2) is 35.6 Å². The van der Waals surface area contributed by atoms with Crippen LogP contribution in [0.5, 0.6) is 11.5 Å². The highest BCUT2D eigenvalue weighted by atomic mass is 79.9. The molecule has 1 saturated heterocycles. The zero-order valence-electron chi connectivity index (χ0n) is 19.3. The minimum Gasteiger partial charge on any atom is -0.493 e. The Balaban J connectivity index is 1.47. The first-order valence-corrected chi connectivity index (χ1v) is 14.0. The molecule has 0 radical (unpaired) electrons. The molecule has 1 N–H and O–H groups in total. The van der Waals surface area contributed by atoms with Gasteiger partial charge >= 0.3 is 0 Å². The molecular weight excluding hydrogens is 692 g/mol. The number of benzene rings is 3. The fourth-order valence-corrected chi connectivity index (χ4v) is 5.44. The van der Waals surface area contributed by atoms with Gasteiger partial charge in [0.1, 0.15) is 13.2 Å². The van der Waals surface area contributed by atoms with Crippen molar-refractivity contribution in [2.75, 3.05) is 19.0 Å². The summed E-state index contributed by atoms with van der Waals surface area (Å²) >= 11 is 11.1. The number of imide groups is 1. The standard InChI is InChI=1S/C26H19Br3N2O5S/c1-35-21-11-16(10-19(29)24(21)36-14-15-6-8-17(27)9-7-15)12-22-25(33)31(26(34)37-22)13-23(32)30-20-5-3-2-4-18(20)28/h2-12H,13-14H2,1H3,(H,30,32)/b22-12+. The molecule has 0 bridgehead atoms. The lowest BCUT2D eigenvalue weighted by Gasteiger charge is -2.14. The second kappa shape index (κ2) is 12.3. The first kappa shape index (κ1) is 27.4. The van der Waals surface area contributed by atoms with E-state index in [0.29, 0.717) is 38.3 Å². The van der Waals surface area contributed by atoms with Crippen molar-refractivity contribution in [3.8, 4) is 11.5 Å². The molecule has 11 heteroatoms. The van der Waals surface area contributed by atoms with Gasteiger partial charge < -0.3 is 14.8 Å². The first-order chi connectivity index (χ1) is 17.7. The minimum atomic E-state index is -0.539. The van der Waals surface area contributed by atoms with Crippen LogP contribution in [0.4, 0.5) is 10.5 Å². The lowest BCUT2D eigenvalue weighted by Crippen LogP contribution is -2.36. The number of rotatable bonds is 8. The van der Waals surface area contributed by atoms with Gasteiger partial charge in [-0.3, -0.25) is 19.3 Å². The van der Waals surface area contributed by atoms with Gasteiger partial charge in [-0.05, 0) is 97.2 Å². The fourth-order valence-electron chi connectivity index (χ4n) is 3.38. The second-order valence-corrected chi connectivity index (χ2v) is 11.4. The van der Waals surface area contributed by atoms with Gasteiger partial charge in [0.25, 0.3) is 11.1 Å². The van der Waals surface area contributed by atoms with Crippen LogP contribution >= 0.6 is 59.6 Å². The first-order valence-electron chi connectivity index (χ1n) is 10.8. The number of methoxy groups -OCH3 is 1. The molecule has 0 spiro atoms. The van der Waals surface area contributed by atoms with Crippen LogP contribution in [0.25, 0.3) is 6.08 Å². The van der Waals surface area contributed by atoms with Crippen molar-refractivity contribution in [3.63, 3.8) is 0 Å². The summed E-state index contributed by atoms with van der Waals surface area (Å²) in [4.78, 5) is 39.0. The van der Waals surface area contributed by atoms with E-state index < -0.39 is 17.1 Å². The summed E-state index contributed by atoms with van der Waals surface area (Å²) in [7, 11) is 1.52. The Kier molecular flexibility index (Phi) is 9.12. The molecule has 1 fully saturated rings. The summed E-state index contributed by atoms with van der Waals surface area (Å²) in [6.45, 7) is -0.0543. The summed E-state index contributed by atoms with van der Waals surface area (Å²) < 4.78 is 13.8. The number of hydrogen-bond acceptors (Lipinski definition) is 6. The van der Waals surface area contributed by atoms with Gasteiger partial charge in [-0.15, -0.1) is 0 Å². The van der Waals surface area contributed by atoms with E-state index in [0.717, 1.165) is 26.7 Å². The molecule has 1 aliphatic heterocycles. The van der Waals surface area contributed by atoms with Crippen LogP contribution in [-0.2, 0) is 16.2 Å². The molecule has 4 rings (SSSR count). The Morgan fingerprint density at radius 1 is 1.03 bits per heavy atom. The summed E-state index contributed by atoms with van der Waals surface area (Å²) in [5.41, 5.74) is 2.16. The van der Waals surface area contributed by atoms with E-state index in [1.807, 2.05) is 30.3 Å². The molecule has 0 aliphatic carbocycles. The Morgan fingerprint density at radius 2 is 1.76 bits per heavy atom. The third-order valence-electron chi connectivity index (χ3n) is 5.17. The van der Waals surface area contributed by atoms with E-state index in [1.165, 1.54) is 7.11 Å². The number of thioether (sulfide) groups is 1. The molecule has 7 nitrogen and oxygen atoms in total. The Bertz CT molecular complexity index is 1400. The van der Waals surface area contributed by atoms with Gasteiger partial charge in [-0.2, -0.15) is 0 Å². The maximum absolute atomic E-state index is 12.9. The molecule has 0 aromatic heterocycles. The lowest BCUT2D eigenvalue weighted by atomic mass is 10.1. The van der Waals surface area contributed by atoms with Crippen LogP contribution < -0.4 is 14.8 Å². The predicted octanol–water partition coefficient (Wildman–Crippen LogP) is 7.24. The van der Waals surface area contributed by atoms with Crippen LogP contribution in [0.1, 0.15) is 11.1 Å². The Hall–Kier alpha value is -2.60. The van der Waals surface area contributed by atoms with E-state index in [-0.39, 0.29) is 11.4 Å². The normalized spacial score (nSPS) is 14.3. The van der Waals surface area contributed by atoms with Crippen molar-refractivity contribution in [1.29, 1.82) is 0 Å². The largest absolute Gasteiger partial charge is 0.493 e. The molecule has 3 aromatic carbocycles. The van der Waals surface area contributed by atoms with Crippen molar-refractivity contribution in [1.82, 2.24) is 4.90 Å². The van der Waals surface area contributed by atoms with E-state index in [2.05, 4.69) is 53.1 Å². The third-order valence-corrected chi connectivity index (χ3v) is 7.89. The number of anilines is 1. The Morgan fingerprint density at radius 3 is 2.46 bits per heavy atom. The summed E-state index contributed by atoms with van der Waals surface area (Å²) in [6.07, 6.45) is 1.59. The summed E-state index contributed by atoms with van der Waals surface area (Å²) in [5.74, 6) is -0.0423. The van der Waals surface area contributed by atoms with Gasteiger partial charge in [-0.25, -0.2) is 0 Å². The zero-order chi connectivity index (χ0) is 26.5. The van der Waals surface area contributed by atoms with Crippen molar-refractivity contribution in [2.45, 2.75) is 6.61 Å². The van der Waals surface area contributed by atoms with Gasteiger partial charge in [-0.1, -0.05) is 40.2 Å². The average Bonchev–Trinajstić information content (AvgIpc) is 3.12. The number of nitrogens with one attached hydrogen (secondary N) is 1. The number of carbonyl (C=O) groups excluding carboxylic acids is 3. The quantitative estimate of drug-likeness (QED) is 0.248. The predicted molar refractivity (Wildman–Crippen MR) is 155 cm³/mol. The molecule has 0 atom stereocenters. The van der Waals surface area contributed by atoms with Crippen LogP contribution in [0.2, 0.25) is 0 Å². The molecule has 0 saturated carbocycles. The highest BCUT2D eigenvalue weighted by Gasteiger charge is 2.36. The molecule has 3 amide bonds. The van der Waals surface area contributed by atoms with Gasteiger partial charge in [0.2, 0.25) is 5.91 Å². The third kappa shape index (κ3) is 6.84. The van der Waals surface area contributed by atoms with E-state index in [1.54, 1.807) is 36.4 Å². The maximum Gasteiger partial charge on any atom is 0.294 e. The van der Waals surface area contributed by atoms with E-state index in [9.17, 15) is 14.4 Å². The van der Waals surface area contributed by atoms with Crippen molar-refractivity contribution in [2.24, 2.45) is 0 Å². The topological polar surface area (TPSA) is 84.9 Å².